The highest BCUT2D eigenvalue weighted by atomic mass is 16.6. The molecule has 5 heteroatoms. The SMILES string of the molecule is C/C(=C\c1c(C)ccc2c3c(ccc12)-c1ccc(C)cc1CO3)[C@@H]1CCCN1C(=O)OC(C)(C)C.CC.CC(C)(C)C(C)(C)O.[HH]. The minimum atomic E-state index is -0.562. The number of likely N-dealkylation sites (tertiary alicyclic amines) is 1. The lowest BCUT2D eigenvalue weighted by Gasteiger charge is -2.33. The summed E-state index contributed by atoms with van der Waals surface area (Å²) in [5.41, 5.74) is 7.43. The summed E-state index contributed by atoms with van der Waals surface area (Å²) >= 11 is 0. The molecule has 248 valence electrons. The maximum Gasteiger partial charge on any atom is 0.410 e. The molecule has 2 aliphatic rings. The van der Waals surface area contributed by atoms with Crippen LogP contribution in [0.25, 0.3) is 28.0 Å². The molecule has 2 heterocycles. The summed E-state index contributed by atoms with van der Waals surface area (Å²) < 4.78 is 12.0. The zero-order valence-electron chi connectivity index (χ0n) is 30.1. The number of rotatable bonds is 2. The number of carbonyl (C=O) groups is 1. The van der Waals surface area contributed by atoms with Gasteiger partial charge >= 0.3 is 6.09 Å². The molecule has 1 saturated heterocycles. The second kappa shape index (κ2) is 14.0. The highest BCUT2D eigenvalue weighted by molar-refractivity contribution is 6.01. The highest BCUT2D eigenvalue weighted by Gasteiger charge is 2.33. The summed E-state index contributed by atoms with van der Waals surface area (Å²) in [6.07, 6.45) is 3.99. The Bertz CT molecular complexity index is 1520. The van der Waals surface area contributed by atoms with Gasteiger partial charge in [0.05, 0.1) is 11.6 Å². The summed E-state index contributed by atoms with van der Waals surface area (Å²) in [4.78, 5) is 14.7. The fraction of sp³-hybridized carbons (Fsp3) is 0.525. The Morgan fingerprint density at radius 3 is 2.16 bits per heavy atom. The number of fused-ring (bicyclic) bond motifs is 5. The first-order valence-electron chi connectivity index (χ1n) is 16.6. The lowest BCUT2D eigenvalue weighted by Crippen LogP contribution is -2.40. The first-order chi connectivity index (χ1) is 20.9. The third kappa shape index (κ3) is 8.49. The van der Waals surface area contributed by atoms with Gasteiger partial charge in [-0.25, -0.2) is 4.79 Å². The Morgan fingerprint density at radius 2 is 1.56 bits per heavy atom. The van der Waals surface area contributed by atoms with Gasteiger partial charge in [-0.05, 0) is 107 Å². The van der Waals surface area contributed by atoms with Crippen molar-refractivity contribution in [2.24, 2.45) is 5.41 Å². The normalized spacial score (nSPS) is 16.4. The minimum absolute atomic E-state index is 0. The Morgan fingerprint density at radius 1 is 0.956 bits per heavy atom. The molecule has 1 N–H and O–H groups in total. The van der Waals surface area contributed by atoms with E-state index in [-0.39, 0.29) is 19.0 Å². The van der Waals surface area contributed by atoms with Gasteiger partial charge in [-0.15, -0.1) is 0 Å². The minimum Gasteiger partial charge on any atom is -0.488 e. The van der Waals surface area contributed by atoms with Gasteiger partial charge in [0.2, 0.25) is 0 Å². The number of amides is 1. The van der Waals surface area contributed by atoms with Gasteiger partial charge in [0.1, 0.15) is 18.0 Å². The van der Waals surface area contributed by atoms with Crippen molar-refractivity contribution in [3.05, 3.63) is 70.3 Å². The van der Waals surface area contributed by atoms with E-state index in [0.717, 1.165) is 36.1 Å². The van der Waals surface area contributed by atoms with E-state index in [0.29, 0.717) is 6.61 Å². The van der Waals surface area contributed by atoms with Crippen LogP contribution in [0.1, 0.15) is 113 Å². The van der Waals surface area contributed by atoms with Crippen LogP contribution in [0.5, 0.6) is 5.75 Å². The van der Waals surface area contributed by atoms with Gasteiger partial charge in [-0.3, -0.25) is 0 Å². The molecule has 1 fully saturated rings. The maximum atomic E-state index is 12.8. The van der Waals surface area contributed by atoms with Crippen LogP contribution in [0, 0.1) is 19.3 Å². The molecule has 2 aliphatic heterocycles. The van der Waals surface area contributed by atoms with E-state index >= 15 is 0 Å². The van der Waals surface area contributed by atoms with E-state index in [1.54, 1.807) is 0 Å². The van der Waals surface area contributed by atoms with Gasteiger partial charge in [-0.2, -0.15) is 0 Å². The third-order valence-electron chi connectivity index (χ3n) is 8.95. The van der Waals surface area contributed by atoms with Crippen molar-refractivity contribution in [2.75, 3.05) is 6.54 Å². The molecule has 45 heavy (non-hydrogen) atoms. The van der Waals surface area contributed by atoms with E-state index in [1.807, 2.05) is 74.1 Å². The Balaban J connectivity index is 0.000000588. The van der Waals surface area contributed by atoms with Gasteiger partial charge < -0.3 is 19.5 Å². The Labute approximate surface area is 274 Å². The first kappa shape index (κ1) is 36.2. The molecule has 3 aromatic rings. The quantitative estimate of drug-likeness (QED) is 0.311. The fourth-order valence-corrected chi connectivity index (χ4v) is 5.43. The van der Waals surface area contributed by atoms with Crippen molar-refractivity contribution in [2.45, 2.75) is 127 Å². The molecular weight excluding hydrogens is 558 g/mol. The number of benzene rings is 3. The number of hydrogen-bond acceptors (Lipinski definition) is 4. The van der Waals surface area contributed by atoms with Crippen LogP contribution in [-0.2, 0) is 11.3 Å². The molecule has 1 amide bonds. The van der Waals surface area contributed by atoms with Crippen molar-refractivity contribution in [3.8, 4) is 16.9 Å². The van der Waals surface area contributed by atoms with Crippen molar-refractivity contribution in [3.63, 3.8) is 0 Å². The number of nitrogens with zero attached hydrogens (tertiary/aromatic N) is 1. The van der Waals surface area contributed by atoms with Crippen LogP contribution in [0.2, 0.25) is 0 Å². The van der Waals surface area contributed by atoms with Gasteiger partial charge in [-0.1, -0.05) is 88.2 Å². The van der Waals surface area contributed by atoms with Crippen molar-refractivity contribution < 1.29 is 20.8 Å². The van der Waals surface area contributed by atoms with Crippen molar-refractivity contribution in [1.82, 2.24) is 4.90 Å². The number of ether oxygens (including phenoxy) is 2. The highest BCUT2D eigenvalue weighted by Crippen LogP contribution is 2.44. The largest absolute Gasteiger partial charge is 0.488 e. The monoisotopic (exact) mass is 617 g/mol. The number of aryl methyl sites for hydroxylation is 2. The lowest BCUT2D eigenvalue weighted by atomic mass is 9.79. The Hall–Kier alpha value is -3.31. The molecule has 0 spiro atoms. The summed E-state index contributed by atoms with van der Waals surface area (Å²) in [6, 6.07) is 15.4. The number of carbonyl (C=O) groups excluding carboxylic acids is 1. The zero-order chi connectivity index (χ0) is 33.9. The molecule has 0 saturated carbocycles. The standard InChI is InChI=1S/C31H35NO3.C7H16O.C2H6.H2/c1-19-9-11-23-22(16-19)18-34-29-25(23)14-13-24-26(29)12-10-20(2)27(24)17-21(3)28-8-7-15-32(28)30(33)35-31(4,5)6;1-6(2,3)7(4,5)8;1-2;/h9-14,16-17,28H,7-8,15,18H2,1-6H3;8H,1-5H3;1-2H3;1H/b21-17+;;;/t28-;;;/m0.../s1. The smallest absolute Gasteiger partial charge is 0.410 e. The van der Waals surface area contributed by atoms with Crippen LogP contribution in [0.15, 0.2) is 48.0 Å². The molecule has 0 bridgehead atoms. The summed E-state index contributed by atoms with van der Waals surface area (Å²) in [7, 11) is 0. The molecule has 0 radical (unpaired) electrons. The Kier molecular flexibility index (Phi) is 11.2. The molecule has 0 aromatic heterocycles. The average molecular weight is 618 g/mol. The molecule has 5 nitrogen and oxygen atoms in total. The fourth-order valence-electron chi connectivity index (χ4n) is 5.43. The second-order valence-corrected chi connectivity index (χ2v) is 14.8. The van der Waals surface area contributed by atoms with Crippen molar-refractivity contribution >= 4 is 22.9 Å². The summed E-state index contributed by atoms with van der Waals surface area (Å²) in [5, 5.41) is 11.7. The molecule has 0 unspecified atom stereocenters. The number of hydrogen-bond donors (Lipinski definition) is 1. The molecular formula is C40H59NO4. The van der Waals surface area contributed by atoms with Gasteiger partial charge in [0.15, 0.2) is 0 Å². The predicted molar refractivity (Wildman–Crippen MR) is 192 cm³/mol. The summed E-state index contributed by atoms with van der Waals surface area (Å²) in [5.74, 6) is 0.961. The summed E-state index contributed by atoms with van der Waals surface area (Å²) in [6.45, 7) is 27.2. The van der Waals surface area contributed by atoms with Crippen molar-refractivity contribution in [1.29, 1.82) is 0 Å². The van der Waals surface area contributed by atoms with E-state index in [2.05, 4.69) is 69.3 Å². The molecule has 5 rings (SSSR count). The van der Waals surface area contributed by atoms with E-state index < -0.39 is 11.2 Å². The second-order valence-electron chi connectivity index (χ2n) is 14.8. The van der Waals surface area contributed by atoms with E-state index in [9.17, 15) is 9.90 Å². The third-order valence-corrected chi connectivity index (χ3v) is 8.95. The predicted octanol–water partition coefficient (Wildman–Crippen LogP) is 10.9. The lowest BCUT2D eigenvalue weighted by molar-refractivity contribution is -0.0239. The molecule has 1 atom stereocenters. The topological polar surface area (TPSA) is 59.0 Å². The number of aliphatic hydroxyl groups is 1. The van der Waals surface area contributed by atoms with E-state index in [1.165, 1.54) is 38.8 Å². The molecule has 3 aromatic carbocycles. The van der Waals surface area contributed by atoms with Crippen LogP contribution in [0.3, 0.4) is 0 Å². The molecule has 0 aliphatic carbocycles. The van der Waals surface area contributed by atoms with E-state index in [4.69, 9.17) is 9.47 Å². The van der Waals surface area contributed by atoms with Crippen LogP contribution < -0.4 is 4.74 Å². The first-order valence-corrected chi connectivity index (χ1v) is 16.6. The van der Waals surface area contributed by atoms with Crippen LogP contribution in [0.4, 0.5) is 4.79 Å². The van der Waals surface area contributed by atoms with Gasteiger partial charge in [0, 0.05) is 18.9 Å². The van der Waals surface area contributed by atoms with Gasteiger partial charge in [0.25, 0.3) is 0 Å². The maximum absolute atomic E-state index is 12.8. The van der Waals surface area contributed by atoms with Crippen LogP contribution in [-0.4, -0.2) is 39.9 Å². The zero-order valence-corrected chi connectivity index (χ0v) is 30.1. The van der Waals surface area contributed by atoms with Crippen LogP contribution >= 0.6 is 0 Å². The average Bonchev–Trinajstić information content (AvgIpc) is 3.44.